The van der Waals surface area contributed by atoms with Gasteiger partial charge in [0.1, 0.15) is 0 Å². The Morgan fingerprint density at radius 3 is 2.40 bits per heavy atom. The van der Waals surface area contributed by atoms with Crippen LogP contribution in [0.5, 0.6) is 0 Å². The molecule has 0 aliphatic heterocycles. The number of aromatic amines is 1. The first-order valence-electron chi connectivity index (χ1n) is 12.3. The lowest BCUT2D eigenvalue weighted by Gasteiger charge is -2.09. The molecule has 0 saturated heterocycles. The van der Waals surface area contributed by atoms with Gasteiger partial charge in [-0.15, -0.1) is 0 Å². The predicted molar refractivity (Wildman–Crippen MR) is 148 cm³/mol. The zero-order valence-corrected chi connectivity index (χ0v) is 21.2. The summed E-state index contributed by atoms with van der Waals surface area (Å²) in [6.07, 6.45) is 6.28. The van der Waals surface area contributed by atoms with Crippen LogP contribution in [0.3, 0.4) is 0 Å². The summed E-state index contributed by atoms with van der Waals surface area (Å²) in [5, 5.41) is 11.4. The summed E-state index contributed by atoms with van der Waals surface area (Å²) < 4.78 is 0. The third-order valence-corrected chi connectivity index (χ3v) is 5.37. The Balaban J connectivity index is 0.000000207. The van der Waals surface area contributed by atoms with E-state index in [1.165, 1.54) is 11.1 Å². The SMILES string of the molecule is CC.CN(C)Cc1cccc(/C=C/c2n[nH]c3ccccc23)c1.O=C(Nc1ccccc1)C1CC1. The van der Waals surface area contributed by atoms with Crippen LogP contribution in [0.4, 0.5) is 5.69 Å². The lowest BCUT2D eigenvalue weighted by atomic mass is 10.1. The Labute approximate surface area is 208 Å². The van der Waals surface area contributed by atoms with Crippen LogP contribution in [0.25, 0.3) is 23.1 Å². The zero-order chi connectivity index (χ0) is 25.0. The van der Waals surface area contributed by atoms with E-state index in [4.69, 9.17) is 0 Å². The molecule has 1 aromatic heterocycles. The highest BCUT2D eigenvalue weighted by Gasteiger charge is 2.29. The van der Waals surface area contributed by atoms with Crippen LogP contribution < -0.4 is 5.32 Å². The van der Waals surface area contributed by atoms with Crippen LogP contribution >= 0.6 is 0 Å². The number of amides is 1. The van der Waals surface area contributed by atoms with E-state index >= 15 is 0 Å². The first-order chi connectivity index (χ1) is 17.1. The van der Waals surface area contributed by atoms with E-state index < -0.39 is 0 Å². The number of nitrogens with one attached hydrogen (secondary N) is 2. The fourth-order valence-corrected chi connectivity index (χ4v) is 3.56. The van der Waals surface area contributed by atoms with Gasteiger partial charge in [-0.3, -0.25) is 9.89 Å². The molecule has 0 radical (unpaired) electrons. The van der Waals surface area contributed by atoms with E-state index in [1.807, 2.05) is 62.4 Å². The van der Waals surface area contributed by atoms with Crippen molar-refractivity contribution in [3.8, 4) is 0 Å². The van der Waals surface area contributed by atoms with Gasteiger partial charge in [-0.1, -0.05) is 80.6 Å². The summed E-state index contributed by atoms with van der Waals surface area (Å²) in [6, 6.07) is 26.3. The highest BCUT2D eigenvalue weighted by atomic mass is 16.2. The van der Waals surface area contributed by atoms with Crippen LogP contribution in [0, 0.1) is 5.92 Å². The van der Waals surface area contributed by atoms with Gasteiger partial charge in [0.25, 0.3) is 0 Å². The fraction of sp³-hybridized carbons (Fsp3) is 0.267. The van der Waals surface area contributed by atoms with Gasteiger partial charge in [-0.2, -0.15) is 5.10 Å². The smallest absolute Gasteiger partial charge is 0.227 e. The molecule has 4 aromatic rings. The Morgan fingerprint density at radius 1 is 0.971 bits per heavy atom. The number of hydrogen-bond donors (Lipinski definition) is 2. The van der Waals surface area contributed by atoms with Crippen LogP contribution in [-0.2, 0) is 11.3 Å². The number of benzene rings is 3. The average Bonchev–Trinajstić information content (AvgIpc) is 3.65. The first-order valence-corrected chi connectivity index (χ1v) is 12.3. The Bertz CT molecular complexity index is 1220. The molecule has 1 amide bonds. The van der Waals surface area contributed by atoms with Crippen molar-refractivity contribution in [3.63, 3.8) is 0 Å². The number of fused-ring (bicyclic) bond motifs is 1. The number of carbonyl (C=O) groups excluding carboxylic acids is 1. The maximum absolute atomic E-state index is 11.3. The van der Waals surface area contributed by atoms with Crippen molar-refractivity contribution in [1.29, 1.82) is 0 Å². The predicted octanol–water partition coefficient (Wildman–Crippen LogP) is 6.86. The molecule has 1 aliphatic rings. The van der Waals surface area contributed by atoms with Gasteiger partial charge >= 0.3 is 0 Å². The molecule has 0 unspecified atom stereocenters. The fourth-order valence-electron chi connectivity index (χ4n) is 3.56. The first kappa shape index (κ1) is 25.9. The van der Waals surface area contributed by atoms with Gasteiger partial charge in [-0.25, -0.2) is 0 Å². The Hall–Kier alpha value is -3.70. The second kappa shape index (κ2) is 13.3. The molecule has 1 aliphatic carbocycles. The standard InChI is InChI=1S/C18H19N3.C10H11NO.C2H6/c1-21(2)13-15-7-5-6-14(12-15)10-11-18-16-8-3-4-9-17(16)19-20-18;12-10(8-6-7-8)11-9-4-2-1-3-5-9;1-2/h3-12H,13H2,1-2H3,(H,19,20);1-5,8H,6-7H2,(H,11,12);1-2H3/b11-10+;;. The molecule has 0 spiro atoms. The van der Waals surface area contributed by atoms with Gasteiger partial charge in [0.2, 0.25) is 5.91 Å². The van der Waals surface area contributed by atoms with Crippen molar-refractivity contribution in [3.05, 3.63) is 95.7 Å². The highest BCUT2D eigenvalue weighted by Crippen LogP contribution is 2.30. The molecule has 5 nitrogen and oxygen atoms in total. The molecule has 5 rings (SSSR count). The third kappa shape index (κ3) is 8.23. The maximum Gasteiger partial charge on any atom is 0.227 e. The van der Waals surface area contributed by atoms with Crippen molar-refractivity contribution in [1.82, 2.24) is 15.1 Å². The maximum atomic E-state index is 11.3. The number of carbonyl (C=O) groups is 1. The third-order valence-electron chi connectivity index (χ3n) is 5.37. The number of H-pyrrole nitrogens is 1. The highest BCUT2D eigenvalue weighted by molar-refractivity contribution is 5.94. The molecule has 5 heteroatoms. The number of anilines is 1. The number of hydrogen-bond acceptors (Lipinski definition) is 3. The molecule has 1 saturated carbocycles. The quantitative estimate of drug-likeness (QED) is 0.325. The van der Waals surface area contributed by atoms with Crippen molar-refractivity contribution in [2.75, 3.05) is 19.4 Å². The molecule has 35 heavy (non-hydrogen) atoms. The van der Waals surface area contributed by atoms with Crippen molar-refractivity contribution in [2.24, 2.45) is 5.92 Å². The number of aromatic nitrogens is 2. The van der Waals surface area contributed by atoms with Gasteiger partial charge in [0.15, 0.2) is 0 Å². The summed E-state index contributed by atoms with van der Waals surface area (Å²) in [5.41, 5.74) is 5.45. The normalized spacial score (nSPS) is 12.6. The van der Waals surface area contributed by atoms with E-state index in [9.17, 15) is 4.79 Å². The summed E-state index contributed by atoms with van der Waals surface area (Å²) in [7, 11) is 4.16. The Morgan fingerprint density at radius 2 is 1.69 bits per heavy atom. The molecule has 0 bridgehead atoms. The van der Waals surface area contributed by atoms with Crippen LogP contribution in [0.15, 0.2) is 78.9 Å². The molecule has 3 aromatic carbocycles. The van der Waals surface area contributed by atoms with E-state index in [0.717, 1.165) is 41.7 Å². The van der Waals surface area contributed by atoms with Crippen LogP contribution in [-0.4, -0.2) is 35.1 Å². The molecular formula is C30H36N4O. The van der Waals surface area contributed by atoms with Gasteiger partial charge in [0, 0.05) is 23.5 Å². The average molecular weight is 469 g/mol. The van der Waals surface area contributed by atoms with Crippen molar-refractivity contribution < 1.29 is 4.79 Å². The largest absolute Gasteiger partial charge is 0.326 e. The summed E-state index contributed by atoms with van der Waals surface area (Å²) in [4.78, 5) is 13.4. The minimum atomic E-state index is 0.168. The molecule has 2 N–H and O–H groups in total. The Kier molecular flexibility index (Phi) is 9.81. The van der Waals surface area contributed by atoms with Gasteiger partial charge in [0.05, 0.1) is 11.2 Å². The van der Waals surface area contributed by atoms with E-state index in [-0.39, 0.29) is 11.8 Å². The van der Waals surface area contributed by atoms with Crippen LogP contribution in [0.2, 0.25) is 0 Å². The van der Waals surface area contributed by atoms with Gasteiger partial charge in [-0.05, 0) is 62.3 Å². The van der Waals surface area contributed by atoms with Gasteiger partial charge < -0.3 is 10.2 Å². The van der Waals surface area contributed by atoms with E-state index in [0.29, 0.717) is 0 Å². The lowest BCUT2D eigenvalue weighted by molar-refractivity contribution is -0.117. The molecule has 0 atom stereocenters. The van der Waals surface area contributed by atoms with E-state index in [1.54, 1.807) is 0 Å². The minimum absolute atomic E-state index is 0.168. The monoisotopic (exact) mass is 468 g/mol. The number of rotatable bonds is 6. The zero-order valence-electron chi connectivity index (χ0n) is 21.2. The molecular weight excluding hydrogens is 432 g/mol. The summed E-state index contributed by atoms with van der Waals surface area (Å²) in [6.45, 7) is 4.95. The summed E-state index contributed by atoms with van der Waals surface area (Å²) >= 11 is 0. The number of para-hydroxylation sites is 2. The molecule has 1 fully saturated rings. The summed E-state index contributed by atoms with van der Waals surface area (Å²) in [5.74, 6) is 0.450. The van der Waals surface area contributed by atoms with Crippen LogP contribution in [0.1, 0.15) is 43.5 Å². The topological polar surface area (TPSA) is 61.0 Å². The second-order valence-electron chi connectivity index (χ2n) is 8.60. The number of nitrogens with zero attached hydrogens (tertiary/aromatic N) is 2. The van der Waals surface area contributed by atoms with Crippen molar-refractivity contribution in [2.45, 2.75) is 33.2 Å². The molecule has 182 valence electrons. The molecule has 1 heterocycles. The minimum Gasteiger partial charge on any atom is -0.326 e. The van der Waals surface area contributed by atoms with Crippen molar-refractivity contribution >= 4 is 34.6 Å². The lowest BCUT2D eigenvalue weighted by Crippen LogP contribution is -2.12. The van der Waals surface area contributed by atoms with E-state index in [2.05, 4.69) is 77.0 Å². The second-order valence-corrected chi connectivity index (χ2v) is 8.60.